The van der Waals surface area contributed by atoms with E-state index in [2.05, 4.69) is 0 Å². The molecule has 6 heteroatoms. The number of carboxylic acids is 1. The van der Waals surface area contributed by atoms with Crippen LogP contribution in [0, 0.1) is 5.92 Å². The Morgan fingerprint density at radius 2 is 1.88 bits per heavy atom. The molecule has 0 aromatic heterocycles. The minimum absolute atomic E-state index is 0.103. The van der Waals surface area contributed by atoms with Gasteiger partial charge < -0.3 is 15.7 Å². The van der Waals surface area contributed by atoms with Crippen molar-refractivity contribution in [1.82, 2.24) is 9.80 Å². The van der Waals surface area contributed by atoms with Gasteiger partial charge in [-0.3, -0.25) is 14.5 Å². The van der Waals surface area contributed by atoms with E-state index in [1.807, 2.05) is 19.0 Å². The van der Waals surface area contributed by atoms with E-state index in [0.717, 1.165) is 6.54 Å². The van der Waals surface area contributed by atoms with Crippen LogP contribution in [0.15, 0.2) is 0 Å². The molecule has 0 aliphatic heterocycles. The van der Waals surface area contributed by atoms with Gasteiger partial charge in [0, 0.05) is 19.6 Å². The molecule has 0 saturated heterocycles. The van der Waals surface area contributed by atoms with Crippen LogP contribution < -0.4 is 5.73 Å². The lowest BCUT2D eigenvalue weighted by molar-refractivity contribution is -0.142. The molecule has 3 N–H and O–H groups in total. The van der Waals surface area contributed by atoms with E-state index in [0.29, 0.717) is 13.1 Å². The molecule has 0 aromatic rings. The van der Waals surface area contributed by atoms with E-state index in [1.165, 1.54) is 0 Å². The Labute approximate surface area is 96.0 Å². The van der Waals surface area contributed by atoms with E-state index >= 15 is 0 Å². The summed E-state index contributed by atoms with van der Waals surface area (Å²) >= 11 is 0. The Morgan fingerprint density at radius 3 is 2.25 bits per heavy atom. The number of likely N-dealkylation sites (N-methyl/N-ethyl adjacent to an activating group) is 1. The van der Waals surface area contributed by atoms with Gasteiger partial charge in [0.25, 0.3) is 0 Å². The standard InChI is InChI=1S/C10H21N3O3/c1-8(10(15)16)6-13(7-9(11)14)5-4-12(2)3/h8H,4-7H2,1-3H3,(H2,11,14)(H,15,16). The van der Waals surface area contributed by atoms with Crippen molar-refractivity contribution in [2.75, 3.05) is 40.3 Å². The van der Waals surface area contributed by atoms with Crippen LogP contribution in [0.5, 0.6) is 0 Å². The van der Waals surface area contributed by atoms with Crippen LogP contribution in [-0.2, 0) is 9.59 Å². The van der Waals surface area contributed by atoms with Crippen LogP contribution in [0.25, 0.3) is 0 Å². The largest absolute Gasteiger partial charge is 0.481 e. The van der Waals surface area contributed by atoms with Crippen LogP contribution in [0.2, 0.25) is 0 Å². The van der Waals surface area contributed by atoms with E-state index in [1.54, 1.807) is 11.8 Å². The number of nitrogens with two attached hydrogens (primary N) is 1. The maximum absolute atomic E-state index is 10.8. The molecule has 0 aliphatic rings. The quantitative estimate of drug-likeness (QED) is 0.563. The number of rotatable bonds is 8. The van der Waals surface area contributed by atoms with Crippen LogP contribution in [0.4, 0.5) is 0 Å². The SMILES string of the molecule is CC(CN(CCN(C)C)CC(N)=O)C(=O)O. The first-order chi connectivity index (χ1) is 7.32. The summed E-state index contributed by atoms with van der Waals surface area (Å²) in [7, 11) is 3.84. The summed E-state index contributed by atoms with van der Waals surface area (Å²) in [4.78, 5) is 25.3. The average Bonchev–Trinajstić information content (AvgIpc) is 2.12. The van der Waals surface area contributed by atoms with Crippen molar-refractivity contribution >= 4 is 11.9 Å². The van der Waals surface area contributed by atoms with Gasteiger partial charge in [0.15, 0.2) is 0 Å². The molecule has 1 atom stereocenters. The predicted octanol–water partition coefficient (Wildman–Crippen LogP) is -0.944. The van der Waals surface area contributed by atoms with Crippen LogP contribution in [0.3, 0.4) is 0 Å². The lowest BCUT2D eigenvalue weighted by atomic mass is 10.1. The number of nitrogens with zero attached hydrogens (tertiary/aromatic N) is 2. The van der Waals surface area contributed by atoms with E-state index in [-0.39, 0.29) is 6.54 Å². The number of carbonyl (C=O) groups is 2. The molecule has 1 amide bonds. The number of primary amides is 1. The maximum atomic E-state index is 10.8. The van der Waals surface area contributed by atoms with Gasteiger partial charge in [-0.1, -0.05) is 6.92 Å². The fourth-order valence-electron chi connectivity index (χ4n) is 1.26. The summed E-state index contributed by atoms with van der Waals surface area (Å²) in [6, 6.07) is 0. The molecule has 6 nitrogen and oxygen atoms in total. The van der Waals surface area contributed by atoms with Gasteiger partial charge >= 0.3 is 5.97 Å². The Bertz CT molecular complexity index is 243. The zero-order chi connectivity index (χ0) is 12.7. The minimum atomic E-state index is -0.862. The zero-order valence-electron chi connectivity index (χ0n) is 10.1. The van der Waals surface area contributed by atoms with Gasteiger partial charge in [-0.25, -0.2) is 0 Å². The fourth-order valence-corrected chi connectivity index (χ4v) is 1.26. The molecule has 0 radical (unpaired) electrons. The first kappa shape index (κ1) is 14.9. The third-order valence-electron chi connectivity index (χ3n) is 2.20. The van der Waals surface area contributed by atoms with E-state index < -0.39 is 17.8 Å². The van der Waals surface area contributed by atoms with Crippen molar-refractivity contribution in [2.45, 2.75) is 6.92 Å². The second-order valence-electron chi connectivity index (χ2n) is 4.24. The van der Waals surface area contributed by atoms with Gasteiger partial charge in [-0.2, -0.15) is 0 Å². The topological polar surface area (TPSA) is 86.9 Å². The molecule has 16 heavy (non-hydrogen) atoms. The van der Waals surface area contributed by atoms with Crippen LogP contribution >= 0.6 is 0 Å². The molecule has 0 spiro atoms. The molecule has 0 saturated carbocycles. The van der Waals surface area contributed by atoms with Crippen LogP contribution in [0.1, 0.15) is 6.92 Å². The first-order valence-corrected chi connectivity index (χ1v) is 5.21. The van der Waals surface area contributed by atoms with Crippen molar-refractivity contribution in [3.63, 3.8) is 0 Å². The van der Waals surface area contributed by atoms with E-state index in [4.69, 9.17) is 10.8 Å². The predicted molar refractivity (Wildman–Crippen MR) is 61.0 cm³/mol. The molecular formula is C10H21N3O3. The van der Waals surface area contributed by atoms with Crippen molar-refractivity contribution in [3.05, 3.63) is 0 Å². The van der Waals surface area contributed by atoms with Gasteiger partial charge in [0.2, 0.25) is 5.91 Å². The molecule has 0 heterocycles. The number of carboxylic acid groups (broad SMARTS) is 1. The van der Waals surface area contributed by atoms with Gasteiger partial charge in [0.1, 0.15) is 0 Å². The molecule has 0 fully saturated rings. The highest BCUT2D eigenvalue weighted by atomic mass is 16.4. The first-order valence-electron chi connectivity index (χ1n) is 5.21. The van der Waals surface area contributed by atoms with Gasteiger partial charge in [-0.05, 0) is 14.1 Å². The Balaban J connectivity index is 4.19. The Hall–Kier alpha value is -1.14. The summed E-state index contributed by atoms with van der Waals surface area (Å²) in [6.07, 6.45) is 0. The lowest BCUT2D eigenvalue weighted by Gasteiger charge is -2.24. The zero-order valence-corrected chi connectivity index (χ0v) is 10.1. The highest BCUT2D eigenvalue weighted by Gasteiger charge is 2.17. The summed E-state index contributed by atoms with van der Waals surface area (Å²) < 4.78 is 0. The Morgan fingerprint density at radius 1 is 1.31 bits per heavy atom. The number of hydrogen-bond acceptors (Lipinski definition) is 4. The van der Waals surface area contributed by atoms with E-state index in [9.17, 15) is 9.59 Å². The third-order valence-corrected chi connectivity index (χ3v) is 2.20. The highest BCUT2D eigenvalue weighted by molar-refractivity contribution is 5.76. The summed E-state index contributed by atoms with van der Waals surface area (Å²) in [5.74, 6) is -1.79. The number of aliphatic carboxylic acids is 1. The molecular weight excluding hydrogens is 210 g/mol. The highest BCUT2D eigenvalue weighted by Crippen LogP contribution is 2.00. The van der Waals surface area contributed by atoms with Crippen molar-refractivity contribution in [2.24, 2.45) is 11.7 Å². The average molecular weight is 231 g/mol. The molecule has 0 aromatic carbocycles. The lowest BCUT2D eigenvalue weighted by Crippen LogP contribution is -2.41. The third kappa shape index (κ3) is 7.19. The van der Waals surface area contributed by atoms with Crippen LogP contribution in [-0.4, -0.2) is 67.1 Å². The molecule has 1 unspecified atom stereocenters. The fraction of sp³-hybridized carbons (Fsp3) is 0.800. The monoisotopic (exact) mass is 231 g/mol. The van der Waals surface area contributed by atoms with Gasteiger partial charge in [-0.15, -0.1) is 0 Å². The van der Waals surface area contributed by atoms with Crippen molar-refractivity contribution in [3.8, 4) is 0 Å². The molecule has 94 valence electrons. The summed E-state index contributed by atoms with van der Waals surface area (Å²) in [5.41, 5.74) is 5.11. The number of amides is 1. The normalized spacial score (nSPS) is 13.1. The smallest absolute Gasteiger partial charge is 0.307 e. The summed E-state index contributed by atoms with van der Waals surface area (Å²) in [5, 5.41) is 8.79. The molecule has 0 aliphatic carbocycles. The van der Waals surface area contributed by atoms with Gasteiger partial charge in [0.05, 0.1) is 12.5 Å². The minimum Gasteiger partial charge on any atom is -0.481 e. The summed E-state index contributed by atoms with van der Waals surface area (Å²) in [6.45, 7) is 3.46. The second kappa shape index (κ2) is 7.19. The van der Waals surface area contributed by atoms with Crippen molar-refractivity contribution < 1.29 is 14.7 Å². The second-order valence-corrected chi connectivity index (χ2v) is 4.24. The molecule has 0 rings (SSSR count). The maximum Gasteiger partial charge on any atom is 0.307 e. The Kier molecular flexibility index (Phi) is 6.67. The number of hydrogen-bond donors (Lipinski definition) is 2. The molecule has 0 bridgehead atoms. The van der Waals surface area contributed by atoms with Crippen molar-refractivity contribution in [1.29, 1.82) is 0 Å². The number of carbonyl (C=O) groups excluding carboxylic acids is 1.